The van der Waals surface area contributed by atoms with Crippen LogP contribution in [0.2, 0.25) is 0 Å². The van der Waals surface area contributed by atoms with E-state index in [1.807, 2.05) is 47.4 Å². The molecule has 218 valence electrons. The van der Waals surface area contributed by atoms with Gasteiger partial charge in [-0.3, -0.25) is 4.79 Å². The SMILES string of the molecule is COC(=O)C1CN(c2cccc(-c3c(-c4ccsc4C#N)c4cc(F)ccc4n3S(=O)(=O)c3ccc4ccccc4c3)c2)C1. The van der Waals surface area contributed by atoms with Crippen molar-refractivity contribution in [1.29, 1.82) is 5.26 Å². The molecular weight excluding hydrogens is 598 g/mol. The summed E-state index contributed by atoms with van der Waals surface area (Å²) in [6.07, 6.45) is 0. The number of carbonyl (C=O) groups excluding carboxylic acids is 1. The maximum atomic E-state index is 14.9. The number of thiophene rings is 1. The zero-order valence-electron chi connectivity index (χ0n) is 23.4. The van der Waals surface area contributed by atoms with Crippen LogP contribution >= 0.6 is 11.3 Å². The second-order valence-electron chi connectivity index (χ2n) is 10.6. The van der Waals surface area contributed by atoms with E-state index >= 15 is 0 Å². The Balaban J connectivity index is 1.51. The fraction of sp³-hybridized carbons (Fsp3) is 0.118. The molecule has 4 aromatic carbocycles. The molecule has 0 bridgehead atoms. The van der Waals surface area contributed by atoms with Gasteiger partial charge in [0.2, 0.25) is 0 Å². The van der Waals surface area contributed by atoms with Crippen LogP contribution in [0.1, 0.15) is 4.88 Å². The lowest BCUT2D eigenvalue weighted by Crippen LogP contribution is -2.50. The fourth-order valence-electron chi connectivity index (χ4n) is 5.90. The lowest BCUT2D eigenvalue weighted by Gasteiger charge is -2.39. The first kappa shape index (κ1) is 27.8. The standard InChI is InChI=1S/C34H24FN3O4S2/c1-42-34(39)24-19-37(20-24)26-8-4-7-23(15-26)33-32(28-13-14-43-31(28)18-36)29-17-25(35)10-12-30(29)38(33)44(40,41)27-11-9-21-5-2-3-6-22(21)16-27/h2-17,24H,19-20H2,1H3. The van der Waals surface area contributed by atoms with Crippen molar-refractivity contribution < 1.29 is 22.3 Å². The Bertz CT molecular complexity index is 2260. The summed E-state index contributed by atoms with van der Waals surface area (Å²) >= 11 is 1.24. The van der Waals surface area contributed by atoms with E-state index in [1.54, 1.807) is 35.7 Å². The first-order valence-electron chi connectivity index (χ1n) is 13.8. The van der Waals surface area contributed by atoms with Crippen LogP contribution in [0.25, 0.3) is 44.1 Å². The van der Waals surface area contributed by atoms with E-state index in [4.69, 9.17) is 4.74 Å². The second kappa shape index (κ2) is 10.6. The minimum atomic E-state index is -4.25. The molecule has 1 saturated heterocycles. The Morgan fingerprint density at radius 2 is 1.77 bits per heavy atom. The van der Waals surface area contributed by atoms with Gasteiger partial charge in [0.05, 0.1) is 29.1 Å². The summed E-state index contributed by atoms with van der Waals surface area (Å²) in [5, 5.41) is 13.8. The van der Waals surface area contributed by atoms with E-state index in [1.165, 1.54) is 40.6 Å². The highest BCUT2D eigenvalue weighted by Crippen LogP contribution is 2.46. The summed E-state index contributed by atoms with van der Waals surface area (Å²) < 4.78 is 50.4. The quantitative estimate of drug-likeness (QED) is 0.185. The summed E-state index contributed by atoms with van der Waals surface area (Å²) in [5.74, 6) is -1.04. The average Bonchev–Trinajstić information content (AvgIpc) is 3.62. The number of fused-ring (bicyclic) bond motifs is 2. The van der Waals surface area contributed by atoms with Crippen molar-refractivity contribution in [3.05, 3.63) is 107 Å². The zero-order chi connectivity index (χ0) is 30.6. The third-order valence-corrected chi connectivity index (χ3v) is 10.6. The molecule has 44 heavy (non-hydrogen) atoms. The average molecular weight is 622 g/mol. The zero-order valence-corrected chi connectivity index (χ0v) is 25.0. The molecule has 0 radical (unpaired) electrons. The van der Waals surface area contributed by atoms with E-state index in [2.05, 4.69) is 6.07 Å². The van der Waals surface area contributed by atoms with Crippen molar-refractivity contribution in [3.8, 4) is 28.5 Å². The monoisotopic (exact) mass is 621 g/mol. The van der Waals surface area contributed by atoms with Crippen LogP contribution in [0.4, 0.5) is 10.1 Å². The molecule has 3 heterocycles. The number of aromatic nitrogens is 1. The Morgan fingerprint density at radius 3 is 2.55 bits per heavy atom. The number of rotatable bonds is 6. The van der Waals surface area contributed by atoms with Gasteiger partial charge < -0.3 is 9.64 Å². The number of methoxy groups -OCH3 is 1. The lowest BCUT2D eigenvalue weighted by molar-refractivity contribution is -0.146. The van der Waals surface area contributed by atoms with E-state index < -0.39 is 15.8 Å². The molecule has 0 N–H and O–H groups in total. The van der Waals surface area contributed by atoms with Crippen LogP contribution in [0, 0.1) is 23.1 Å². The molecule has 10 heteroatoms. The second-order valence-corrected chi connectivity index (χ2v) is 13.3. The Hall–Kier alpha value is -4.98. The van der Waals surface area contributed by atoms with Crippen molar-refractivity contribution in [2.45, 2.75) is 4.90 Å². The molecule has 0 amide bonds. The number of benzene rings is 4. The van der Waals surface area contributed by atoms with Gasteiger partial charge in [0.25, 0.3) is 10.0 Å². The predicted molar refractivity (Wildman–Crippen MR) is 170 cm³/mol. The molecule has 0 unspecified atom stereocenters. The lowest BCUT2D eigenvalue weighted by atomic mass is 9.96. The first-order chi connectivity index (χ1) is 21.3. The van der Waals surface area contributed by atoms with Crippen LogP contribution in [0.15, 0.2) is 101 Å². The Labute approximate surface area is 257 Å². The van der Waals surface area contributed by atoms with Crippen LogP contribution in [-0.4, -0.2) is 38.6 Å². The minimum absolute atomic E-state index is 0.0795. The van der Waals surface area contributed by atoms with E-state index in [0.29, 0.717) is 51.3 Å². The number of ether oxygens (including phenoxy) is 1. The first-order valence-corrected chi connectivity index (χ1v) is 16.1. The molecule has 0 spiro atoms. The number of esters is 1. The Kier molecular flexibility index (Phi) is 6.72. The van der Waals surface area contributed by atoms with Crippen molar-refractivity contribution in [1.82, 2.24) is 3.97 Å². The molecule has 1 fully saturated rings. The van der Waals surface area contributed by atoms with Gasteiger partial charge in [-0.15, -0.1) is 11.3 Å². The van der Waals surface area contributed by atoms with Gasteiger partial charge in [-0.05, 0) is 64.7 Å². The molecule has 0 aliphatic carbocycles. The number of hydrogen-bond donors (Lipinski definition) is 0. The van der Waals surface area contributed by atoms with Gasteiger partial charge in [0.1, 0.15) is 16.8 Å². The summed E-state index contributed by atoms with van der Waals surface area (Å²) in [5.41, 5.74) is 2.95. The van der Waals surface area contributed by atoms with Gasteiger partial charge >= 0.3 is 5.97 Å². The van der Waals surface area contributed by atoms with Crippen LogP contribution in [0.5, 0.6) is 0 Å². The van der Waals surface area contributed by atoms with Crippen LogP contribution in [0.3, 0.4) is 0 Å². The smallest absolute Gasteiger partial charge is 0.312 e. The normalized spacial score (nSPS) is 13.6. The summed E-state index contributed by atoms with van der Waals surface area (Å²) in [4.78, 5) is 14.5. The maximum Gasteiger partial charge on any atom is 0.312 e. The number of nitriles is 1. The van der Waals surface area contributed by atoms with Gasteiger partial charge in [-0.1, -0.05) is 42.5 Å². The summed E-state index contributed by atoms with van der Waals surface area (Å²) in [7, 11) is -2.88. The van der Waals surface area contributed by atoms with Crippen molar-refractivity contribution in [2.24, 2.45) is 5.92 Å². The number of carbonyl (C=O) groups is 1. The number of hydrogen-bond acceptors (Lipinski definition) is 7. The minimum Gasteiger partial charge on any atom is -0.469 e. The summed E-state index contributed by atoms with van der Waals surface area (Å²) in [6.45, 7) is 0.936. The largest absolute Gasteiger partial charge is 0.469 e. The van der Waals surface area contributed by atoms with Gasteiger partial charge in [0.15, 0.2) is 0 Å². The molecule has 1 aliphatic heterocycles. The molecule has 6 aromatic rings. The third-order valence-electron chi connectivity index (χ3n) is 8.08. The number of anilines is 1. The molecule has 7 nitrogen and oxygen atoms in total. The third kappa shape index (κ3) is 4.44. The highest BCUT2D eigenvalue weighted by Gasteiger charge is 2.35. The summed E-state index contributed by atoms with van der Waals surface area (Å²) in [6, 6.07) is 27.9. The van der Waals surface area contributed by atoms with Gasteiger partial charge in [-0.25, -0.2) is 16.8 Å². The van der Waals surface area contributed by atoms with E-state index in [0.717, 1.165) is 16.5 Å². The topological polar surface area (TPSA) is 92.4 Å². The molecule has 0 saturated carbocycles. The van der Waals surface area contributed by atoms with Gasteiger partial charge in [-0.2, -0.15) is 5.26 Å². The van der Waals surface area contributed by atoms with Crippen LogP contribution < -0.4 is 4.90 Å². The molecule has 1 aliphatic rings. The van der Waals surface area contributed by atoms with Crippen LogP contribution in [-0.2, 0) is 19.6 Å². The highest BCUT2D eigenvalue weighted by atomic mass is 32.2. The maximum absolute atomic E-state index is 14.9. The van der Waals surface area contributed by atoms with E-state index in [9.17, 15) is 22.9 Å². The molecule has 7 rings (SSSR count). The predicted octanol–water partition coefficient (Wildman–Crippen LogP) is 7.05. The molecule has 2 aromatic heterocycles. The Morgan fingerprint density at radius 1 is 0.977 bits per heavy atom. The molecular formula is C34H24FN3O4S2. The fourth-order valence-corrected chi connectivity index (χ4v) is 8.17. The number of halogens is 1. The molecule has 0 atom stereocenters. The van der Waals surface area contributed by atoms with Crippen molar-refractivity contribution in [3.63, 3.8) is 0 Å². The van der Waals surface area contributed by atoms with E-state index in [-0.39, 0.29) is 16.8 Å². The highest BCUT2D eigenvalue weighted by molar-refractivity contribution is 7.90. The van der Waals surface area contributed by atoms with Gasteiger partial charge in [0, 0.05) is 40.9 Å². The van der Waals surface area contributed by atoms with Crippen molar-refractivity contribution in [2.75, 3.05) is 25.1 Å². The van der Waals surface area contributed by atoms with Crippen molar-refractivity contribution >= 4 is 54.7 Å². The number of nitrogens with zero attached hydrogens (tertiary/aromatic N) is 3.